The van der Waals surface area contributed by atoms with E-state index in [1.54, 1.807) is 0 Å². The molecule has 1 fully saturated rings. The van der Waals surface area contributed by atoms with Crippen LogP contribution in [0.25, 0.3) is 0 Å². The van der Waals surface area contributed by atoms with Crippen molar-refractivity contribution in [2.24, 2.45) is 5.73 Å². The molecule has 0 spiro atoms. The molecule has 88 valence electrons. The highest BCUT2D eigenvalue weighted by molar-refractivity contribution is 7.15. The van der Waals surface area contributed by atoms with Crippen molar-refractivity contribution in [2.45, 2.75) is 38.0 Å². The molecule has 1 saturated carbocycles. The number of nitrogens with zero attached hydrogens (tertiary/aromatic N) is 2. The number of amides is 1. The maximum absolute atomic E-state index is 11.1. The zero-order chi connectivity index (χ0) is 11.4. The first-order valence-electron chi connectivity index (χ1n) is 5.63. The van der Waals surface area contributed by atoms with E-state index in [-0.39, 0.29) is 12.5 Å². The minimum absolute atomic E-state index is 0.0155. The van der Waals surface area contributed by atoms with Crippen LogP contribution < -0.4 is 11.1 Å². The smallest absolute Gasteiger partial charge is 0.239 e. The molecule has 1 aromatic rings. The standard InChI is InChI=1S/C10H16N4OS/c11-6-8(15)12-10-14-13-9(16-10)7-4-2-1-3-5-7/h7H,1-6,11H2,(H,12,14,15). The highest BCUT2D eigenvalue weighted by Crippen LogP contribution is 2.34. The summed E-state index contributed by atoms with van der Waals surface area (Å²) in [6, 6.07) is 0. The van der Waals surface area contributed by atoms with Gasteiger partial charge in [-0.3, -0.25) is 10.1 Å². The van der Waals surface area contributed by atoms with Crippen molar-refractivity contribution in [3.05, 3.63) is 5.01 Å². The second-order valence-corrected chi connectivity index (χ2v) is 5.04. The Morgan fingerprint density at radius 3 is 2.81 bits per heavy atom. The molecule has 2 rings (SSSR count). The minimum Gasteiger partial charge on any atom is -0.322 e. The van der Waals surface area contributed by atoms with Crippen LogP contribution in [-0.4, -0.2) is 22.6 Å². The predicted molar refractivity (Wildman–Crippen MR) is 63.4 cm³/mol. The highest BCUT2D eigenvalue weighted by Gasteiger charge is 2.19. The Balaban J connectivity index is 1.98. The largest absolute Gasteiger partial charge is 0.322 e. The molecule has 16 heavy (non-hydrogen) atoms. The Bertz CT molecular complexity index is 359. The molecule has 0 aliphatic heterocycles. The van der Waals surface area contributed by atoms with Crippen molar-refractivity contribution in [3.8, 4) is 0 Å². The highest BCUT2D eigenvalue weighted by atomic mass is 32.1. The molecule has 0 aromatic carbocycles. The minimum atomic E-state index is -0.216. The zero-order valence-corrected chi connectivity index (χ0v) is 9.92. The molecule has 0 saturated heterocycles. The summed E-state index contributed by atoms with van der Waals surface area (Å²) in [5.74, 6) is 0.320. The Hall–Kier alpha value is -1.01. The molecular formula is C10H16N4OS. The summed E-state index contributed by atoms with van der Waals surface area (Å²) in [5, 5.41) is 12.3. The van der Waals surface area contributed by atoms with Crippen molar-refractivity contribution in [2.75, 3.05) is 11.9 Å². The van der Waals surface area contributed by atoms with Gasteiger partial charge in [-0.2, -0.15) is 0 Å². The van der Waals surface area contributed by atoms with Gasteiger partial charge in [0.25, 0.3) is 0 Å². The van der Waals surface area contributed by atoms with Gasteiger partial charge in [0.15, 0.2) is 0 Å². The lowest BCUT2D eigenvalue weighted by atomic mass is 9.90. The fourth-order valence-electron chi connectivity index (χ4n) is 1.97. The molecule has 1 aromatic heterocycles. The lowest BCUT2D eigenvalue weighted by Crippen LogP contribution is -2.21. The van der Waals surface area contributed by atoms with Gasteiger partial charge in [0, 0.05) is 5.92 Å². The number of nitrogens with one attached hydrogen (secondary N) is 1. The van der Waals surface area contributed by atoms with Crippen molar-refractivity contribution in [1.82, 2.24) is 10.2 Å². The fourth-order valence-corrected chi connectivity index (χ4v) is 2.90. The third kappa shape index (κ3) is 2.76. The van der Waals surface area contributed by atoms with E-state index in [2.05, 4.69) is 15.5 Å². The third-order valence-electron chi connectivity index (χ3n) is 2.83. The van der Waals surface area contributed by atoms with Crippen molar-refractivity contribution >= 4 is 22.4 Å². The van der Waals surface area contributed by atoms with E-state index >= 15 is 0 Å². The number of nitrogens with two attached hydrogens (primary N) is 1. The molecule has 5 nitrogen and oxygen atoms in total. The van der Waals surface area contributed by atoms with Crippen LogP contribution >= 0.6 is 11.3 Å². The Kier molecular flexibility index (Phi) is 3.84. The SMILES string of the molecule is NCC(=O)Nc1nnc(C2CCCCC2)s1. The summed E-state index contributed by atoms with van der Waals surface area (Å²) < 4.78 is 0. The molecule has 1 heterocycles. The first-order valence-corrected chi connectivity index (χ1v) is 6.44. The van der Waals surface area contributed by atoms with E-state index in [1.165, 1.54) is 43.4 Å². The summed E-state index contributed by atoms with van der Waals surface area (Å²) in [6.45, 7) is -0.0155. The quantitative estimate of drug-likeness (QED) is 0.838. The first kappa shape index (κ1) is 11.5. The molecule has 6 heteroatoms. The second-order valence-electron chi connectivity index (χ2n) is 4.03. The van der Waals surface area contributed by atoms with Crippen molar-refractivity contribution in [3.63, 3.8) is 0 Å². The van der Waals surface area contributed by atoms with E-state index in [0.29, 0.717) is 11.0 Å². The number of carbonyl (C=O) groups is 1. The van der Waals surface area contributed by atoms with Crippen LogP contribution in [0.4, 0.5) is 5.13 Å². The van der Waals surface area contributed by atoms with Crippen LogP contribution in [0.2, 0.25) is 0 Å². The van der Waals surface area contributed by atoms with E-state index < -0.39 is 0 Å². The fraction of sp³-hybridized carbons (Fsp3) is 0.700. The molecule has 0 radical (unpaired) electrons. The van der Waals surface area contributed by atoms with E-state index in [9.17, 15) is 4.79 Å². The number of anilines is 1. The lowest BCUT2D eigenvalue weighted by molar-refractivity contribution is -0.114. The van der Waals surface area contributed by atoms with Crippen LogP contribution in [0.15, 0.2) is 0 Å². The Morgan fingerprint density at radius 1 is 1.38 bits per heavy atom. The third-order valence-corrected chi connectivity index (χ3v) is 3.83. The Labute approximate surface area is 98.4 Å². The Morgan fingerprint density at radius 2 is 2.12 bits per heavy atom. The van der Waals surface area contributed by atoms with Gasteiger partial charge in [0.05, 0.1) is 6.54 Å². The molecule has 3 N–H and O–H groups in total. The lowest BCUT2D eigenvalue weighted by Gasteiger charge is -2.18. The molecular weight excluding hydrogens is 224 g/mol. The van der Waals surface area contributed by atoms with Gasteiger partial charge < -0.3 is 5.73 Å². The number of hydrogen-bond donors (Lipinski definition) is 2. The summed E-state index contributed by atoms with van der Waals surface area (Å²) >= 11 is 1.47. The van der Waals surface area contributed by atoms with Crippen molar-refractivity contribution < 1.29 is 4.79 Å². The maximum Gasteiger partial charge on any atom is 0.239 e. The summed E-state index contributed by atoms with van der Waals surface area (Å²) in [6.07, 6.45) is 6.26. The van der Waals surface area contributed by atoms with E-state index in [0.717, 1.165) is 5.01 Å². The van der Waals surface area contributed by atoms with Gasteiger partial charge in [-0.25, -0.2) is 0 Å². The van der Waals surface area contributed by atoms with E-state index in [1.807, 2.05) is 0 Å². The summed E-state index contributed by atoms with van der Waals surface area (Å²) in [7, 11) is 0. The number of carbonyl (C=O) groups excluding carboxylic acids is 1. The normalized spacial score (nSPS) is 17.3. The first-order chi connectivity index (χ1) is 7.79. The number of aromatic nitrogens is 2. The predicted octanol–water partition coefficient (Wildman–Crippen LogP) is 1.48. The zero-order valence-electron chi connectivity index (χ0n) is 9.11. The molecule has 1 aliphatic carbocycles. The second kappa shape index (κ2) is 5.36. The van der Waals surface area contributed by atoms with Gasteiger partial charge in [-0.05, 0) is 12.8 Å². The van der Waals surface area contributed by atoms with Crippen molar-refractivity contribution in [1.29, 1.82) is 0 Å². The van der Waals surface area contributed by atoms with Gasteiger partial charge in [0.2, 0.25) is 11.0 Å². The number of rotatable bonds is 3. The molecule has 1 aliphatic rings. The average Bonchev–Trinajstić information content (AvgIpc) is 2.78. The summed E-state index contributed by atoms with van der Waals surface area (Å²) in [5.41, 5.74) is 5.21. The molecule has 1 amide bonds. The molecule has 0 atom stereocenters. The van der Waals surface area contributed by atoms with Gasteiger partial charge in [-0.15, -0.1) is 10.2 Å². The van der Waals surface area contributed by atoms with Crippen LogP contribution in [0, 0.1) is 0 Å². The summed E-state index contributed by atoms with van der Waals surface area (Å²) in [4.78, 5) is 11.1. The van der Waals surface area contributed by atoms with Crippen LogP contribution in [0.3, 0.4) is 0 Å². The average molecular weight is 240 g/mol. The maximum atomic E-state index is 11.1. The van der Waals surface area contributed by atoms with Crippen LogP contribution in [0.5, 0.6) is 0 Å². The van der Waals surface area contributed by atoms with Gasteiger partial charge in [0.1, 0.15) is 5.01 Å². The van der Waals surface area contributed by atoms with Gasteiger partial charge in [-0.1, -0.05) is 30.6 Å². The molecule has 0 unspecified atom stereocenters. The monoisotopic (exact) mass is 240 g/mol. The van der Waals surface area contributed by atoms with E-state index in [4.69, 9.17) is 5.73 Å². The van der Waals surface area contributed by atoms with Crippen LogP contribution in [0.1, 0.15) is 43.0 Å². The topological polar surface area (TPSA) is 80.9 Å². The molecule has 0 bridgehead atoms. The van der Waals surface area contributed by atoms with Crippen LogP contribution in [-0.2, 0) is 4.79 Å². The number of hydrogen-bond acceptors (Lipinski definition) is 5. The van der Waals surface area contributed by atoms with Gasteiger partial charge >= 0.3 is 0 Å².